The highest BCUT2D eigenvalue weighted by Gasteiger charge is 2.34. The number of carbonyl (C=O) groups is 1. The molecule has 0 heterocycles. The first-order valence-electron chi connectivity index (χ1n) is 7.67. The fraction of sp³-hybridized carbons (Fsp3) is 0.588. The molecule has 0 radical (unpaired) electrons. The van der Waals surface area contributed by atoms with E-state index in [1.54, 1.807) is 0 Å². The molecule has 1 N–H and O–H groups in total. The molecule has 116 valence electrons. The number of rotatable bonds is 4. The van der Waals surface area contributed by atoms with Crippen LogP contribution >= 0.6 is 15.9 Å². The van der Waals surface area contributed by atoms with E-state index >= 15 is 0 Å². The van der Waals surface area contributed by atoms with Gasteiger partial charge in [-0.25, -0.2) is 0 Å². The van der Waals surface area contributed by atoms with Gasteiger partial charge in [-0.3, -0.25) is 4.79 Å². The van der Waals surface area contributed by atoms with E-state index in [0.717, 1.165) is 35.0 Å². The van der Waals surface area contributed by atoms with E-state index in [2.05, 4.69) is 40.2 Å². The Morgan fingerprint density at radius 2 is 1.95 bits per heavy atom. The Balaban J connectivity index is 2.07. The lowest BCUT2D eigenvalue weighted by molar-refractivity contribution is 0.0799. The van der Waals surface area contributed by atoms with Crippen LogP contribution in [0.1, 0.15) is 48.0 Å². The zero-order valence-electron chi connectivity index (χ0n) is 13.2. The molecule has 0 aromatic heterocycles. The first-order valence-corrected chi connectivity index (χ1v) is 8.46. The minimum atomic E-state index is 0.0283. The molecule has 1 aliphatic rings. The number of hydrogen-bond acceptors (Lipinski definition) is 2. The molecule has 0 saturated heterocycles. The smallest absolute Gasteiger partial charge is 0.251 e. The van der Waals surface area contributed by atoms with Crippen molar-refractivity contribution in [3.63, 3.8) is 0 Å². The van der Waals surface area contributed by atoms with Gasteiger partial charge in [0.15, 0.2) is 0 Å². The van der Waals surface area contributed by atoms with Crippen molar-refractivity contribution in [2.45, 2.75) is 44.6 Å². The fourth-order valence-corrected chi connectivity index (χ4v) is 3.55. The second-order valence-electron chi connectivity index (χ2n) is 6.27. The Bertz CT molecular complexity index is 508. The molecular formula is C17H25BrN2O. The molecule has 1 aliphatic carbocycles. The van der Waals surface area contributed by atoms with Gasteiger partial charge in [-0.2, -0.15) is 0 Å². The highest BCUT2D eigenvalue weighted by molar-refractivity contribution is 9.10. The lowest BCUT2D eigenvalue weighted by atomic mass is 9.80. The molecule has 1 saturated carbocycles. The van der Waals surface area contributed by atoms with Crippen molar-refractivity contribution in [2.24, 2.45) is 0 Å². The summed E-state index contributed by atoms with van der Waals surface area (Å²) in [7, 11) is 4.25. The van der Waals surface area contributed by atoms with Gasteiger partial charge in [0.1, 0.15) is 0 Å². The van der Waals surface area contributed by atoms with Crippen molar-refractivity contribution in [1.82, 2.24) is 10.2 Å². The highest BCUT2D eigenvalue weighted by Crippen LogP contribution is 2.31. The van der Waals surface area contributed by atoms with Gasteiger partial charge in [-0.05, 0) is 51.6 Å². The number of nitrogens with one attached hydrogen (secondary N) is 1. The first kappa shape index (κ1) is 16.5. The largest absolute Gasteiger partial charge is 0.350 e. The maximum absolute atomic E-state index is 12.5. The third kappa shape index (κ3) is 3.67. The molecule has 0 bridgehead atoms. The summed E-state index contributed by atoms with van der Waals surface area (Å²) in [5, 5.41) is 3.16. The standard InChI is InChI=1S/C17H25BrN2O/c1-13-14(8-7-9-15(13)18)16(21)19-12-17(20(2)3)10-5-4-6-11-17/h7-9H,4-6,10-12H2,1-3H3,(H,19,21). The van der Waals surface area contributed by atoms with Crippen LogP contribution in [0.4, 0.5) is 0 Å². The van der Waals surface area contributed by atoms with E-state index in [9.17, 15) is 4.79 Å². The van der Waals surface area contributed by atoms with Crippen molar-refractivity contribution in [2.75, 3.05) is 20.6 Å². The monoisotopic (exact) mass is 352 g/mol. The van der Waals surface area contributed by atoms with Crippen molar-refractivity contribution in [3.8, 4) is 0 Å². The summed E-state index contributed by atoms with van der Waals surface area (Å²) in [5.74, 6) is 0.0283. The number of hydrogen-bond donors (Lipinski definition) is 1. The highest BCUT2D eigenvalue weighted by atomic mass is 79.9. The summed E-state index contributed by atoms with van der Waals surface area (Å²) in [6, 6.07) is 5.77. The van der Waals surface area contributed by atoms with E-state index in [-0.39, 0.29) is 11.4 Å². The Morgan fingerprint density at radius 1 is 1.29 bits per heavy atom. The average molecular weight is 353 g/mol. The van der Waals surface area contributed by atoms with Crippen molar-refractivity contribution >= 4 is 21.8 Å². The number of likely N-dealkylation sites (N-methyl/N-ethyl adjacent to an activating group) is 1. The second kappa shape index (κ2) is 6.93. The number of benzene rings is 1. The Labute approximate surface area is 136 Å². The summed E-state index contributed by atoms with van der Waals surface area (Å²) in [6.07, 6.45) is 6.15. The summed E-state index contributed by atoms with van der Waals surface area (Å²) < 4.78 is 0.982. The molecular weight excluding hydrogens is 328 g/mol. The Kier molecular flexibility index (Phi) is 5.44. The molecule has 2 rings (SSSR count). The van der Waals surface area contributed by atoms with Crippen LogP contribution in [0.5, 0.6) is 0 Å². The summed E-state index contributed by atoms with van der Waals surface area (Å²) in [5.41, 5.74) is 1.88. The molecule has 1 fully saturated rings. The van der Waals surface area contributed by atoms with E-state index < -0.39 is 0 Å². The normalized spacial score (nSPS) is 17.8. The maximum Gasteiger partial charge on any atom is 0.251 e. The van der Waals surface area contributed by atoms with Crippen LogP contribution in [0.25, 0.3) is 0 Å². The van der Waals surface area contributed by atoms with Crippen molar-refractivity contribution in [1.29, 1.82) is 0 Å². The SMILES string of the molecule is Cc1c(Br)cccc1C(=O)NCC1(N(C)C)CCCCC1. The van der Waals surface area contributed by atoms with E-state index in [4.69, 9.17) is 0 Å². The van der Waals surface area contributed by atoms with Gasteiger partial charge in [0.05, 0.1) is 0 Å². The quantitative estimate of drug-likeness (QED) is 0.894. The van der Waals surface area contributed by atoms with Crippen molar-refractivity contribution in [3.05, 3.63) is 33.8 Å². The van der Waals surface area contributed by atoms with Crippen LogP contribution < -0.4 is 5.32 Å². The van der Waals surface area contributed by atoms with Gasteiger partial charge >= 0.3 is 0 Å². The molecule has 4 heteroatoms. The maximum atomic E-state index is 12.5. The molecule has 0 atom stereocenters. The minimum Gasteiger partial charge on any atom is -0.350 e. The van der Waals surface area contributed by atoms with Gasteiger partial charge in [0, 0.05) is 22.1 Å². The second-order valence-corrected chi connectivity index (χ2v) is 7.13. The summed E-state index contributed by atoms with van der Waals surface area (Å²) >= 11 is 3.49. The average Bonchev–Trinajstić information content (AvgIpc) is 2.48. The van der Waals surface area contributed by atoms with Crippen LogP contribution in [0, 0.1) is 6.92 Å². The Morgan fingerprint density at radius 3 is 2.57 bits per heavy atom. The molecule has 0 unspecified atom stereocenters. The van der Waals surface area contributed by atoms with Crippen LogP contribution in [0.15, 0.2) is 22.7 Å². The van der Waals surface area contributed by atoms with Crippen LogP contribution in [0.3, 0.4) is 0 Å². The van der Waals surface area contributed by atoms with Crippen molar-refractivity contribution < 1.29 is 4.79 Å². The van der Waals surface area contributed by atoms with E-state index in [1.165, 1.54) is 19.3 Å². The van der Waals surface area contributed by atoms with Crippen LogP contribution in [-0.2, 0) is 0 Å². The Hall–Kier alpha value is -0.870. The predicted molar refractivity (Wildman–Crippen MR) is 90.7 cm³/mol. The summed E-state index contributed by atoms with van der Waals surface area (Å²) in [4.78, 5) is 14.8. The topological polar surface area (TPSA) is 32.3 Å². The first-order chi connectivity index (χ1) is 9.96. The van der Waals surface area contributed by atoms with Crippen LogP contribution in [0.2, 0.25) is 0 Å². The number of carbonyl (C=O) groups excluding carboxylic acids is 1. The zero-order valence-corrected chi connectivity index (χ0v) is 14.8. The summed E-state index contributed by atoms with van der Waals surface area (Å²) in [6.45, 7) is 2.70. The lowest BCUT2D eigenvalue weighted by Gasteiger charge is -2.43. The van der Waals surface area contributed by atoms with Gasteiger partial charge in [-0.15, -0.1) is 0 Å². The van der Waals surface area contributed by atoms with E-state index in [0.29, 0.717) is 0 Å². The molecule has 0 aliphatic heterocycles. The molecule has 1 amide bonds. The number of amides is 1. The van der Waals surface area contributed by atoms with Gasteiger partial charge in [0.2, 0.25) is 0 Å². The third-order valence-corrected chi connectivity index (χ3v) is 5.68. The molecule has 1 aromatic carbocycles. The molecule has 1 aromatic rings. The molecule has 21 heavy (non-hydrogen) atoms. The predicted octanol–water partition coefficient (Wildman–Crippen LogP) is 3.75. The van der Waals surface area contributed by atoms with Gasteiger partial charge in [-0.1, -0.05) is 41.3 Å². The van der Waals surface area contributed by atoms with Gasteiger partial charge in [0.25, 0.3) is 5.91 Å². The molecule has 3 nitrogen and oxygen atoms in total. The molecule has 0 spiro atoms. The zero-order chi connectivity index (χ0) is 15.5. The van der Waals surface area contributed by atoms with E-state index in [1.807, 2.05) is 25.1 Å². The fourth-order valence-electron chi connectivity index (χ4n) is 3.19. The minimum absolute atomic E-state index is 0.0283. The lowest BCUT2D eigenvalue weighted by Crippen LogP contribution is -2.53. The van der Waals surface area contributed by atoms with Crippen LogP contribution in [-0.4, -0.2) is 37.0 Å². The number of nitrogens with zero attached hydrogens (tertiary/aromatic N) is 1. The van der Waals surface area contributed by atoms with Gasteiger partial charge < -0.3 is 10.2 Å². The number of halogens is 1. The third-order valence-electron chi connectivity index (χ3n) is 4.82.